The average Bonchev–Trinajstić information content (AvgIpc) is 2.81. The highest BCUT2D eigenvalue weighted by Crippen LogP contribution is 2.74. The average molecular weight is 330 g/mol. The van der Waals surface area contributed by atoms with Crippen LogP contribution in [-0.4, -0.2) is 21.8 Å². The number of aromatic hydroxyl groups is 1. The Morgan fingerprint density at radius 2 is 2.08 bits per heavy atom. The standard InChI is InChI=1S/C20H26O4/c1-5-6-10-9-12-14(17(21)13(10)18(22)23)16-15-11(19(16,2)3)7-8-20(15,4)24-12/h9,11,15-16,21H,5-8H2,1-4H3,(H,22,23)/t11?,15-,16-,20-/m1/s1. The van der Waals surface area contributed by atoms with E-state index < -0.39 is 5.97 Å². The molecule has 0 saturated heterocycles. The smallest absolute Gasteiger partial charge is 0.339 e. The van der Waals surface area contributed by atoms with E-state index in [4.69, 9.17) is 4.74 Å². The topological polar surface area (TPSA) is 66.8 Å². The molecule has 1 heterocycles. The molecule has 1 aliphatic heterocycles. The molecule has 4 heteroatoms. The van der Waals surface area contributed by atoms with Crippen LogP contribution in [0.2, 0.25) is 0 Å². The molecule has 4 nitrogen and oxygen atoms in total. The van der Waals surface area contributed by atoms with Gasteiger partial charge >= 0.3 is 5.97 Å². The lowest BCUT2D eigenvalue weighted by atomic mass is 9.45. The molecular weight excluding hydrogens is 304 g/mol. The van der Waals surface area contributed by atoms with E-state index in [0.29, 0.717) is 29.6 Å². The quantitative estimate of drug-likeness (QED) is 0.865. The molecule has 130 valence electrons. The molecule has 2 aliphatic carbocycles. The molecule has 1 aromatic carbocycles. The van der Waals surface area contributed by atoms with Crippen LogP contribution in [0.3, 0.4) is 0 Å². The molecule has 1 aromatic rings. The minimum atomic E-state index is -1.05. The summed E-state index contributed by atoms with van der Waals surface area (Å²) in [6, 6.07) is 1.88. The number of hydrogen-bond donors (Lipinski definition) is 2. The van der Waals surface area contributed by atoms with Crippen molar-refractivity contribution in [2.75, 3.05) is 0 Å². The van der Waals surface area contributed by atoms with E-state index >= 15 is 0 Å². The van der Waals surface area contributed by atoms with Gasteiger partial charge in [-0.3, -0.25) is 0 Å². The molecule has 0 bridgehead atoms. The summed E-state index contributed by atoms with van der Waals surface area (Å²) in [5.41, 5.74) is 1.37. The van der Waals surface area contributed by atoms with Crippen molar-refractivity contribution < 1.29 is 19.7 Å². The van der Waals surface area contributed by atoms with Crippen molar-refractivity contribution in [2.45, 2.75) is 64.9 Å². The van der Waals surface area contributed by atoms with Crippen molar-refractivity contribution >= 4 is 5.97 Å². The van der Waals surface area contributed by atoms with Crippen LogP contribution in [-0.2, 0) is 6.42 Å². The minimum Gasteiger partial charge on any atom is -0.507 e. The molecule has 2 saturated carbocycles. The number of carboxylic acid groups (broad SMARTS) is 1. The second-order valence-corrected chi connectivity index (χ2v) is 8.61. The monoisotopic (exact) mass is 330 g/mol. The maximum Gasteiger partial charge on any atom is 0.339 e. The first-order chi connectivity index (χ1) is 11.2. The zero-order chi connectivity index (χ0) is 17.4. The fraction of sp³-hybridized carbons (Fsp3) is 0.650. The van der Waals surface area contributed by atoms with E-state index in [1.165, 1.54) is 0 Å². The summed E-state index contributed by atoms with van der Waals surface area (Å²) < 4.78 is 6.39. The van der Waals surface area contributed by atoms with Gasteiger partial charge in [0.25, 0.3) is 0 Å². The molecule has 0 aromatic heterocycles. The van der Waals surface area contributed by atoms with Gasteiger partial charge in [0.15, 0.2) is 0 Å². The van der Waals surface area contributed by atoms with Crippen molar-refractivity contribution in [2.24, 2.45) is 17.3 Å². The van der Waals surface area contributed by atoms with E-state index in [9.17, 15) is 15.0 Å². The Labute approximate surface area is 142 Å². The third kappa shape index (κ3) is 1.72. The Morgan fingerprint density at radius 1 is 1.38 bits per heavy atom. The van der Waals surface area contributed by atoms with Gasteiger partial charge < -0.3 is 14.9 Å². The van der Waals surface area contributed by atoms with Crippen LogP contribution in [0.5, 0.6) is 11.5 Å². The lowest BCUT2D eigenvalue weighted by Gasteiger charge is -2.62. The van der Waals surface area contributed by atoms with Crippen LogP contribution in [0, 0.1) is 17.3 Å². The Kier molecular flexibility index (Phi) is 3.08. The van der Waals surface area contributed by atoms with Gasteiger partial charge in [-0.1, -0.05) is 27.2 Å². The summed E-state index contributed by atoms with van der Waals surface area (Å²) in [7, 11) is 0. The van der Waals surface area contributed by atoms with Gasteiger partial charge in [-0.15, -0.1) is 0 Å². The Hall–Kier alpha value is -1.71. The molecule has 0 radical (unpaired) electrons. The van der Waals surface area contributed by atoms with Crippen LogP contribution in [0.1, 0.15) is 74.4 Å². The maximum atomic E-state index is 11.8. The highest BCUT2D eigenvalue weighted by atomic mass is 16.5. The number of aromatic carboxylic acids is 1. The largest absolute Gasteiger partial charge is 0.507 e. The molecule has 1 unspecified atom stereocenters. The highest BCUT2D eigenvalue weighted by Gasteiger charge is 2.69. The maximum absolute atomic E-state index is 11.8. The third-order valence-corrected chi connectivity index (χ3v) is 6.98. The van der Waals surface area contributed by atoms with E-state index in [1.807, 2.05) is 13.0 Å². The fourth-order valence-corrected chi connectivity index (χ4v) is 5.93. The molecule has 2 N–H and O–H groups in total. The number of benzene rings is 1. The van der Waals surface area contributed by atoms with Crippen molar-refractivity contribution in [3.05, 3.63) is 22.8 Å². The Morgan fingerprint density at radius 3 is 2.71 bits per heavy atom. The fourth-order valence-electron chi connectivity index (χ4n) is 5.93. The van der Waals surface area contributed by atoms with Gasteiger partial charge in [0.05, 0.1) is 0 Å². The van der Waals surface area contributed by atoms with Crippen LogP contribution in [0.4, 0.5) is 0 Å². The molecule has 0 amide bonds. The number of hydrogen-bond acceptors (Lipinski definition) is 3. The van der Waals surface area contributed by atoms with Crippen LogP contribution in [0.25, 0.3) is 0 Å². The summed E-state index contributed by atoms with van der Waals surface area (Å²) in [6.45, 7) is 8.69. The Balaban J connectivity index is 1.95. The van der Waals surface area contributed by atoms with Gasteiger partial charge in [-0.05, 0) is 49.1 Å². The van der Waals surface area contributed by atoms with Crippen molar-refractivity contribution in [3.8, 4) is 11.5 Å². The van der Waals surface area contributed by atoms with E-state index in [0.717, 1.165) is 24.8 Å². The van der Waals surface area contributed by atoms with Gasteiger partial charge in [-0.25, -0.2) is 4.79 Å². The van der Waals surface area contributed by atoms with E-state index in [2.05, 4.69) is 20.8 Å². The molecule has 4 atom stereocenters. The van der Waals surface area contributed by atoms with Gasteiger partial charge in [0.2, 0.25) is 0 Å². The Bertz CT molecular complexity index is 736. The predicted octanol–water partition coefficient (Wildman–Crippen LogP) is 4.34. The molecule has 0 spiro atoms. The SMILES string of the molecule is CCCc1cc2c(c(O)c1C(=O)O)[C@@H]1[C@H]3C(CC[C@@]3(C)O2)C1(C)C. The first-order valence-electron chi connectivity index (χ1n) is 9.03. The van der Waals surface area contributed by atoms with Crippen molar-refractivity contribution in [1.82, 2.24) is 0 Å². The van der Waals surface area contributed by atoms with Crippen LogP contribution < -0.4 is 4.74 Å². The molecule has 2 fully saturated rings. The summed E-state index contributed by atoms with van der Waals surface area (Å²) in [4.78, 5) is 11.8. The number of phenols is 1. The van der Waals surface area contributed by atoms with E-state index in [1.54, 1.807) is 0 Å². The molecule has 24 heavy (non-hydrogen) atoms. The normalized spacial score (nSPS) is 34.8. The van der Waals surface area contributed by atoms with Crippen molar-refractivity contribution in [3.63, 3.8) is 0 Å². The summed E-state index contributed by atoms with van der Waals surface area (Å²) in [6.07, 6.45) is 3.64. The zero-order valence-corrected chi connectivity index (χ0v) is 14.8. The van der Waals surface area contributed by atoms with Gasteiger partial charge in [0.1, 0.15) is 22.7 Å². The molecular formula is C20H26O4. The number of aryl methyl sites for hydroxylation is 1. The first-order valence-corrected chi connectivity index (χ1v) is 9.03. The predicted molar refractivity (Wildman–Crippen MR) is 90.8 cm³/mol. The van der Waals surface area contributed by atoms with Gasteiger partial charge in [0, 0.05) is 17.4 Å². The van der Waals surface area contributed by atoms with Crippen LogP contribution >= 0.6 is 0 Å². The summed E-state index contributed by atoms with van der Waals surface area (Å²) in [5.74, 6) is 0.736. The molecule has 3 aliphatic rings. The van der Waals surface area contributed by atoms with E-state index in [-0.39, 0.29) is 28.2 Å². The number of rotatable bonds is 3. The second-order valence-electron chi connectivity index (χ2n) is 8.61. The highest BCUT2D eigenvalue weighted by molar-refractivity contribution is 5.94. The van der Waals surface area contributed by atoms with Crippen LogP contribution in [0.15, 0.2) is 6.07 Å². The van der Waals surface area contributed by atoms with Crippen molar-refractivity contribution in [1.29, 1.82) is 0 Å². The number of carboxylic acids is 1. The summed E-state index contributed by atoms with van der Waals surface area (Å²) in [5, 5.41) is 20.5. The molecule has 4 rings (SSSR count). The number of ether oxygens (including phenoxy) is 1. The lowest BCUT2D eigenvalue weighted by Crippen LogP contribution is -2.59. The first kappa shape index (κ1) is 15.8. The minimum absolute atomic E-state index is 0.0612. The third-order valence-electron chi connectivity index (χ3n) is 6.98. The zero-order valence-electron chi connectivity index (χ0n) is 14.8. The summed E-state index contributed by atoms with van der Waals surface area (Å²) >= 11 is 0. The number of carbonyl (C=O) groups is 1. The number of fused-ring (bicyclic) bond motifs is 2. The second kappa shape index (κ2) is 4.68. The van der Waals surface area contributed by atoms with Gasteiger partial charge in [-0.2, -0.15) is 0 Å². The lowest BCUT2D eigenvalue weighted by molar-refractivity contribution is -0.121.